The highest BCUT2D eigenvalue weighted by molar-refractivity contribution is 4.91. The van der Waals surface area contributed by atoms with E-state index in [9.17, 15) is 5.11 Å². The minimum absolute atomic E-state index is 0.418. The Bertz CT molecular complexity index is 242. The van der Waals surface area contributed by atoms with Crippen molar-refractivity contribution in [1.82, 2.24) is 0 Å². The number of rotatable bonds is 4. The summed E-state index contributed by atoms with van der Waals surface area (Å²) in [7, 11) is 0. The quantitative estimate of drug-likeness (QED) is 0.725. The third-order valence-corrected chi connectivity index (χ3v) is 5.28. The van der Waals surface area contributed by atoms with Gasteiger partial charge in [-0.05, 0) is 81.5 Å². The zero-order chi connectivity index (χ0) is 12.8. The molecule has 0 aromatic heterocycles. The summed E-state index contributed by atoms with van der Waals surface area (Å²) in [4.78, 5) is 0. The molecule has 0 unspecified atom stereocenters. The third kappa shape index (κ3) is 3.85. The summed E-state index contributed by atoms with van der Waals surface area (Å²) < 4.78 is 0. The molecular formula is C17H30O. The average molecular weight is 250 g/mol. The van der Waals surface area contributed by atoms with E-state index >= 15 is 0 Å². The fraction of sp³-hybridized carbons (Fsp3) is 0.882. The molecule has 2 fully saturated rings. The summed E-state index contributed by atoms with van der Waals surface area (Å²) in [6.07, 6.45) is 17.0. The molecule has 0 radical (unpaired) electrons. The molecule has 2 aliphatic rings. The monoisotopic (exact) mass is 250 g/mol. The summed E-state index contributed by atoms with van der Waals surface area (Å²) in [6, 6.07) is 0. The van der Waals surface area contributed by atoms with Crippen LogP contribution in [0.4, 0.5) is 0 Å². The number of allylic oxidation sites excluding steroid dienone is 2. The first-order valence-electron chi connectivity index (χ1n) is 8.11. The van der Waals surface area contributed by atoms with Crippen LogP contribution in [-0.4, -0.2) is 11.7 Å². The van der Waals surface area contributed by atoms with Crippen LogP contribution in [0.2, 0.25) is 0 Å². The molecule has 0 bridgehead atoms. The second kappa shape index (κ2) is 7.33. The summed E-state index contributed by atoms with van der Waals surface area (Å²) in [5.74, 6) is 3.46. The van der Waals surface area contributed by atoms with Gasteiger partial charge in [0.25, 0.3) is 0 Å². The molecule has 0 aliphatic heterocycles. The van der Waals surface area contributed by atoms with Gasteiger partial charge in [-0.15, -0.1) is 0 Å². The maximum absolute atomic E-state index is 9.20. The molecule has 2 rings (SSSR count). The van der Waals surface area contributed by atoms with Crippen molar-refractivity contribution < 1.29 is 5.11 Å². The fourth-order valence-corrected chi connectivity index (χ4v) is 3.98. The second-order valence-electron chi connectivity index (χ2n) is 6.47. The highest BCUT2D eigenvalue weighted by Gasteiger charge is 2.29. The Labute approximate surface area is 113 Å². The van der Waals surface area contributed by atoms with Crippen LogP contribution in [0.25, 0.3) is 0 Å². The maximum Gasteiger partial charge on any atom is 0.0459 e. The Morgan fingerprint density at radius 1 is 0.889 bits per heavy atom. The van der Waals surface area contributed by atoms with Crippen molar-refractivity contribution in [3.05, 3.63) is 12.2 Å². The molecule has 2 saturated carbocycles. The molecule has 1 N–H and O–H groups in total. The van der Waals surface area contributed by atoms with E-state index in [2.05, 4.69) is 19.1 Å². The molecule has 0 heterocycles. The van der Waals surface area contributed by atoms with E-state index in [1.165, 1.54) is 57.8 Å². The molecule has 0 aromatic rings. The van der Waals surface area contributed by atoms with E-state index in [0.717, 1.165) is 17.8 Å². The van der Waals surface area contributed by atoms with Gasteiger partial charge in [-0.3, -0.25) is 0 Å². The van der Waals surface area contributed by atoms with Crippen molar-refractivity contribution in [2.75, 3.05) is 6.61 Å². The second-order valence-corrected chi connectivity index (χ2v) is 6.47. The van der Waals surface area contributed by atoms with Crippen LogP contribution in [-0.2, 0) is 0 Å². The molecule has 0 aromatic carbocycles. The SMILES string of the molecule is CCC=CC1CCC(C2CCC(CO)CC2)CC1. The Morgan fingerprint density at radius 3 is 1.94 bits per heavy atom. The van der Waals surface area contributed by atoms with E-state index < -0.39 is 0 Å². The van der Waals surface area contributed by atoms with Crippen molar-refractivity contribution in [3.63, 3.8) is 0 Å². The lowest BCUT2D eigenvalue weighted by Gasteiger charge is -2.37. The van der Waals surface area contributed by atoms with Gasteiger partial charge in [0, 0.05) is 6.61 Å². The largest absolute Gasteiger partial charge is 0.396 e. The summed E-state index contributed by atoms with van der Waals surface area (Å²) in [6.45, 7) is 2.64. The molecule has 0 atom stereocenters. The van der Waals surface area contributed by atoms with Gasteiger partial charge in [-0.1, -0.05) is 19.1 Å². The van der Waals surface area contributed by atoms with Crippen LogP contribution in [0.3, 0.4) is 0 Å². The van der Waals surface area contributed by atoms with Crippen LogP contribution in [0.15, 0.2) is 12.2 Å². The van der Waals surface area contributed by atoms with E-state index in [4.69, 9.17) is 0 Å². The summed E-state index contributed by atoms with van der Waals surface area (Å²) in [5.41, 5.74) is 0. The normalized spacial score (nSPS) is 38.1. The van der Waals surface area contributed by atoms with Crippen LogP contribution < -0.4 is 0 Å². The van der Waals surface area contributed by atoms with Crippen LogP contribution in [0.1, 0.15) is 64.7 Å². The van der Waals surface area contributed by atoms with Crippen molar-refractivity contribution in [1.29, 1.82) is 0 Å². The zero-order valence-corrected chi connectivity index (χ0v) is 12.0. The Kier molecular flexibility index (Phi) is 5.75. The smallest absolute Gasteiger partial charge is 0.0459 e. The van der Waals surface area contributed by atoms with Crippen LogP contribution in [0, 0.1) is 23.7 Å². The third-order valence-electron chi connectivity index (χ3n) is 5.28. The predicted molar refractivity (Wildman–Crippen MR) is 77.4 cm³/mol. The highest BCUT2D eigenvalue weighted by atomic mass is 16.3. The number of aliphatic hydroxyl groups is 1. The molecule has 104 valence electrons. The van der Waals surface area contributed by atoms with Crippen molar-refractivity contribution >= 4 is 0 Å². The van der Waals surface area contributed by atoms with E-state index in [1.807, 2.05) is 0 Å². The van der Waals surface area contributed by atoms with Crippen LogP contribution in [0.5, 0.6) is 0 Å². The van der Waals surface area contributed by atoms with Gasteiger partial charge in [0.05, 0.1) is 0 Å². The van der Waals surface area contributed by atoms with Gasteiger partial charge in [0.2, 0.25) is 0 Å². The van der Waals surface area contributed by atoms with Gasteiger partial charge >= 0.3 is 0 Å². The summed E-state index contributed by atoms with van der Waals surface area (Å²) >= 11 is 0. The standard InChI is InChI=1S/C17H30O/c1-2-3-4-14-5-9-16(10-6-14)17-11-7-15(13-18)8-12-17/h3-4,14-18H,2,5-13H2,1H3. The maximum atomic E-state index is 9.20. The molecule has 18 heavy (non-hydrogen) atoms. The Balaban J connectivity index is 1.71. The Morgan fingerprint density at radius 2 is 1.44 bits per heavy atom. The lowest BCUT2D eigenvalue weighted by atomic mass is 9.69. The van der Waals surface area contributed by atoms with Crippen molar-refractivity contribution in [2.45, 2.75) is 64.7 Å². The van der Waals surface area contributed by atoms with Gasteiger partial charge in [-0.25, -0.2) is 0 Å². The number of aliphatic hydroxyl groups excluding tert-OH is 1. The van der Waals surface area contributed by atoms with E-state index in [0.29, 0.717) is 12.5 Å². The summed E-state index contributed by atoms with van der Waals surface area (Å²) in [5, 5.41) is 9.20. The van der Waals surface area contributed by atoms with Gasteiger partial charge in [-0.2, -0.15) is 0 Å². The first kappa shape index (κ1) is 14.1. The minimum atomic E-state index is 0.418. The van der Waals surface area contributed by atoms with Gasteiger partial charge in [0.15, 0.2) is 0 Å². The molecule has 0 spiro atoms. The average Bonchev–Trinajstić information content (AvgIpc) is 2.46. The highest BCUT2D eigenvalue weighted by Crippen LogP contribution is 2.41. The zero-order valence-electron chi connectivity index (χ0n) is 12.0. The molecule has 2 aliphatic carbocycles. The first-order chi connectivity index (χ1) is 8.83. The minimum Gasteiger partial charge on any atom is -0.396 e. The van der Waals surface area contributed by atoms with Crippen molar-refractivity contribution in [2.24, 2.45) is 23.7 Å². The van der Waals surface area contributed by atoms with Gasteiger partial charge in [0.1, 0.15) is 0 Å². The molecule has 1 nitrogen and oxygen atoms in total. The fourth-order valence-electron chi connectivity index (χ4n) is 3.98. The lowest BCUT2D eigenvalue weighted by Crippen LogP contribution is -2.26. The number of hydrogen-bond donors (Lipinski definition) is 1. The lowest BCUT2D eigenvalue weighted by molar-refractivity contribution is 0.122. The molecular weight excluding hydrogens is 220 g/mol. The van der Waals surface area contributed by atoms with Gasteiger partial charge < -0.3 is 5.11 Å². The van der Waals surface area contributed by atoms with E-state index in [-0.39, 0.29) is 0 Å². The molecule has 1 heteroatoms. The van der Waals surface area contributed by atoms with Crippen molar-refractivity contribution in [3.8, 4) is 0 Å². The first-order valence-corrected chi connectivity index (χ1v) is 8.11. The predicted octanol–water partition coefficient (Wildman–Crippen LogP) is 4.56. The number of hydrogen-bond acceptors (Lipinski definition) is 1. The molecule has 0 amide bonds. The van der Waals surface area contributed by atoms with E-state index in [1.54, 1.807) is 0 Å². The molecule has 0 saturated heterocycles. The van der Waals surface area contributed by atoms with Crippen LogP contribution >= 0.6 is 0 Å². The topological polar surface area (TPSA) is 20.2 Å². The Hall–Kier alpha value is -0.300.